The Labute approximate surface area is 139 Å². The lowest BCUT2D eigenvalue weighted by Crippen LogP contribution is -2.42. The molecule has 0 aliphatic heterocycles. The van der Waals surface area contributed by atoms with E-state index in [1.54, 1.807) is 0 Å². The van der Waals surface area contributed by atoms with Gasteiger partial charge in [0.15, 0.2) is 0 Å². The number of nitrogens with one attached hydrogen (secondary N) is 1. The Morgan fingerprint density at radius 2 is 2.00 bits per heavy atom. The number of nitrogens with zero attached hydrogens (tertiary/aromatic N) is 4. The fourth-order valence-electron chi connectivity index (χ4n) is 2.16. The summed E-state index contributed by atoms with van der Waals surface area (Å²) in [6, 6.07) is 6.74. The van der Waals surface area contributed by atoms with Crippen LogP contribution in [0.2, 0.25) is 0 Å². The van der Waals surface area contributed by atoms with Crippen LogP contribution in [0.5, 0.6) is 0 Å². The lowest BCUT2D eigenvalue weighted by atomic mass is 10.1. The van der Waals surface area contributed by atoms with Gasteiger partial charge in [0.2, 0.25) is 11.7 Å². The van der Waals surface area contributed by atoms with Gasteiger partial charge >= 0.3 is 5.97 Å². The van der Waals surface area contributed by atoms with Crippen LogP contribution < -0.4 is 5.32 Å². The summed E-state index contributed by atoms with van der Waals surface area (Å²) in [4.78, 5) is 24.3. The van der Waals surface area contributed by atoms with Crippen molar-refractivity contribution in [3.8, 4) is 11.4 Å². The van der Waals surface area contributed by atoms with Gasteiger partial charge in [0.05, 0.1) is 0 Å². The van der Waals surface area contributed by atoms with Crippen molar-refractivity contribution < 1.29 is 14.7 Å². The van der Waals surface area contributed by atoms with Crippen LogP contribution in [0, 0.1) is 6.92 Å². The number of aliphatic carboxylic acids is 1. The topological polar surface area (TPSA) is 110 Å². The van der Waals surface area contributed by atoms with E-state index in [2.05, 4.69) is 20.7 Å². The summed E-state index contributed by atoms with van der Waals surface area (Å²) in [5.74, 6) is -1.07. The van der Waals surface area contributed by atoms with Gasteiger partial charge in [0.25, 0.3) is 0 Å². The Kier molecular flexibility index (Phi) is 6.00. The number of amides is 1. The maximum atomic E-state index is 12.0. The largest absolute Gasteiger partial charge is 0.480 e. The Bertz CT molecular complexity index is 696. The molecule has 0 unspecified atom stereocenters. The Hall–Kier alpha value is -2.77. The molecule has 2 N–H and O–H groups in total. The number of rotatable bonds is 8. The molecule has 1 atom stereocenters. The van der Waals surface area contributed by atoms with Gasteiger partial charge in [-0.05, 0) is 18.6 Å². The monoisotopic (exact) mass is 331 g/mol. The highest BCUT2D eigenvalue weighted by molar-refractivity contribution is 5.83. The number of carboxylic acid groups (broad SMARTS) is 1. The first-order chi connectivity index (χ1) is 11.5. The second kappa shape index (κ2) is 8.19. The average molecular weight is 331 g/mol. The SMILES string of the molecule is CCCC[C@H](NC(=O)Cn1nnc(-c2ccc(C)cc2)n1)C(=O)O. The van der Waals surface area contributed by atoms with Crippen LogP contribution in [0.1, 0.15) is 31.7 Å². The first-order valence-electron chi connectivity index (χ1n) is 7.86. The average Bonchev–Trinajstić information content (AvgIpc) is 3.00. The molecule has 1 amide bonds. The molecule has 0 saturated heterocycles. The van der Waals surface area contributed by atoms with Crippen LogP contribution in [-0.4, -0.2) is 43.2 Å². The highest BCUT2D eigenvalue weighted by Crippen LogP contribution is 2.13. The number of unbranched alkanes of at least 4 members (excludes halogenated alkanes) is 1. The lowest BCUT2D eigenvalue weighted by Gasteiger charge is -2.13. The molecule has 1 aromatic heterocycles. The third kappa shape index (κ3) is 4.87. The van der Waals surface area contributed by atoms with Gasteiger partial charge in [-0.15, -0.1) is 10.2 Å². The van der Waals surface area contributed by atoms with Crippen molar-refractivity contribution in [2.75, 3.05) is 0 Å². The summed E-state index contributed by atoms with van der Waals surface area (Å²) in [7, 11) is 0. The van der Waals surface area contributed by atoms with E-state index in [0.717, 1.165) is 28.8 Å². The number of hydrogen-bond donors (Lipinski definition) is 2. The van der Waals surface area contributed by atoms with Crippen molar-refractivity contribution in [1.82, 2.24) is 25.5 Å². The normalized spacial score (nSPS) is 11.9. The second-order valence-electron chi connectivity index (χ2n) is 5.61. The molecule has 0 bridgehead atoms. The molecule has 0 aliphatic carbocycles. The number of tetrazole rings is 1. The number of aromatic nitrogens is 4. The van der Waals surface area contributed by atoms with Crippen molar-refractivity contribution in [3.63, 3.8) is 0 Å². The fourth-order valence-corrected chi connectivity index (χ4v) is 2.16. The lowest BCUT2D eigenvalue weighted by molar-refractivity contribution is -0.142. The Morgan fingerprint density at radius 1 is 1.29 bits per heavy atom. The highest BCUT2D eigenvalue weighted by atomic mass is 16.4. The maximum Gasteiger partial charge on any atom is 0.326 e. The van der Waals surface area contributed by atoms with Crippen LogP contribution in [0.4, 0.5) is 0 Å². The quantitative estimate of drug-likeness (QED) is 0.757. The number of hydrogen-bond acceptors (Lipinski definition) is 5. The molecule has 1 aromatic carbocycles. The van der Waals surface area contributed by atoms with E-state index in [1.165, 1.54) is 0 Å². The molecule has 2 aromatic rings. The molecule has 2 rings (SSSR count). The molecular weight excluding hydrogens is 310 g/mol. The minimum atomic E-state index is -1.04. The molecule has 0 saturated carbocycles. The number of aryl methyl sites for hydroxylation is 1. The summed E-state index contributed by atoms with van der Waals surface area (Å²) < 4.78 is 0. The molecule has 0 aliphatic rings. The van der Waals surface area contributed by atoms with Gasteiger partial charge in [0, 0.05) is 5.56 Å². The summed E-state index contributed by atoms with van der Waals surface area (Å²) in [5, 5.41) is 23.5. The number of carbonyl (C=O) groups is 2. The first kappa shape index (κ1) is 17.6. The van der Waals surface area contributed by atoms with Gasteiger partial charge in [-0.2, -0.15) is 4.80 Å². The van der Waals surface area contributed by atoms with E-state index in [9.17, 15) is 9.59 Å². The minimum Gasteiger partial charge on any atom is -0.480 e. The first-order valence-corrected chi connectivity index (χ1v) is 7.86. The van der Waals surface area contributed by atoms with Gasteiger partial charge in [-0.25, -0.2) is 4.79 Å². The zero-order valence-electron chi connectivity index (χ0n) is 13.8. The molecule has 8 nitrogen and oxygen atoms in total. The minimum absolute atomic E-state index is 0.172. The molecule has 0 fully saturated rings. The summed E-state index contributed by atoms with van der Waals surface area (Å²) in [5.41, 5.74) is 1.93. The highest BCUT2D eigenvalue weighted by Gasteiger charge is 2.20. The van der Waals surface area contributed by atoms with E-state index < -0.39 is 17.9 Å². The standard InChI is InChI=1S/C16H21N5O3/c1-3-4-5-13(16(23)24)17-14(22)10-21-19-15(18-20-21)12-8-6-11(2)7-9-12/h6-9,13H,3-5,10H2,1-2H3,(H,17,22)(H,23,24)/t13-/m0/s1. The van der Waals surface area contributed by atoms with Crippen LogP contribution in [0.25, 0.3) is 11.4 Å². The molecule has 0 spiro atoms. The Balaban J connectivity index is 1.97. The molecule has 8 heteroatoms. The van der Waals surface area contributed by atoms with Crippen molar-refractivity contribution in [2.45, 2.75) is 45.7 Å². The van der Waals surface area contributed by atoms with Crippen molar-refractivity contribution >= 4 is 11.9 Å². The van der Waals surface area contributed by atoms with Crippen LogP contribution in [0.3, 0.4) is 0 Å². The van der Waals surface area contributed by atoms with Crippen LogP contribution in [0.15, 0.2) is 24.3 Å². The number of benzene rings is 1. The van der Waals surface area contributed by atoms with E-state index in [4.69, 9.17) is 5.11 Å². The molecule has 1 heterocycles. The van der Waals surface area contributed by atoms with Gasteiger partial charge in [-0.3, -0.25) is 4.79 Å². The van der Waals surface area contributed by atoms with Crippen molar-refractivity contribution in [2.24, 2.45) is 0 Å². The summed E-state index contributed by atoms with van der Waals surface area (Å²) in [6.45, 7) is 3.78. The predicted octanol–water partition coefficient (Wildman–Crippen LogP) is 1.41. The third-order valence-corrected chi connectivity index (χ3v) is 3.53. The van der Waals surface area contributed by atoms with Crippen LogP contribution in [-0.2, 0) is 16.1 Å². The van der Waals surface area contributed by atoms with E-state index in [1.807, 2.05) is 38.1 Å². The van der Waals surface area contributed by atoms with Gasteiger partial charge in [0.1, 0.15) is 12.6 Å². The molecule has 0 radical (unpaired) electrons. The molecular formula is C16H21N5O3. The summed E-state index contributed by atoms with van der Waals surface area (Å²) >= 11 is 0. The maximum absolute atomic E-state index is 12.0. The third-order valence-electron chi connectivity index (χ3n) is 3.53. The zero-order chi connectivity index (χ0) is 17.5. The van der Waals surface area contributed by atoms with E-state index >= 15 is 0 Å². The molecule has 128 valence electrons. The number of carbonyl (C=O) groups excluding carboxylic acids is 1. The smallest absolute Gasteiger partial charge is 0.326 e. The summed E-state index contributed by atoms with van der Waals surface area (Å²) in [6.07, 6.45) is 2.00. The number of carboxylic acids is 1. The fraction of sp³-hybridized carbons (Fsp3) is 0.438. The van der Waals surface area contributed by atoms with Gasteiger partial charge in [-0.1, -0.05) is 49.6 Å². The van der Waals surface area contributed by atoms with E-state index in [0.29, 0.717) is 12.2 Å². The van der Waals surface area contributed by atoms with Crippen LogP contribution >= 0.6 is 0 Å². The zero-order valence-corrected chi connectivity index (χ0v) is 13.8. The Morgan fingerprint density at radius 3 is 2.62 bits per heavy atom. The van der Waals surface area contributed by atoms with E-state index in [-0.39, 0.29) is 6.54 Å². The predicted molar refractivity (Wildman–Crippen MR) is 87.1 cm³/mol. The van der Waals surface area contributed by atoms with Crippen molar-refractivity contribution in [1.29, 1.82) is 0 Å². The van der Waals surface area contributed by atoms with Crippen molar-refractivity contribution in [3.05, 3.63) is 29.8 Å². The van der Waals surface area contributed by atoms with Gasteiger partial charge < -0.3 is 10.4 Å². The second-order valence-corrected chi connectivity index (χ2v) is 5.61. The molecule has 24 heavy (non-hydrogen) atoms.